The van der Waals surface area contributed by atoms with Crippen LogP contribution in [-0.4, -0.2) is 71.8 Å². The largest absolute Gasteiger partial charge is 0.340 e. The second kappa shape index (κ2) is 9.56. The van der Waals surface area contributed by atoms with Crippen LogP contribution in [0, 0.1) is 11.8 Å². The Morgan fingerprint density at radius 3 is 2.08 bits per heavy atom. The highest BCUT2D eigenvalue weighted by Crippen LogP contribution is 2.25. The monoisotopic (exact) mass is 351 g/mol. The minimum atomic E-state index is 0.218. The Bertz CT molecular complexity index is 436. The van der Waals surface area contributed by atoms with Crippen molar-refractivity contribution in [1.82, 2.24) is 14.7 Å². The highest BCUT2D eigenvalue weighted by atomic mass is 16.2. The molecule has 0 bridgehead atoms. The summed E-state index contributed by atoms with van der Waals surface area (Å²) in [7, 11) is 0. The van der Waals surface area contributed by atoms with Crippen molar-refractivity contribution >= 4 is 11.8 Å². The Morgan fingerprint density at radius 2 is 1.56 bits per heavy atom. The molecule has 1 saturated carbocycles. The summed E-state index contributed by atoms with van der Waals surface area (Å²) < 4.78 is 0. The summed E-state index contributed by atoms with van der Waals surface area (Å²) in [6, 6.07) is 0.240. The van der Waals surface area contributed by atoms with Crippen LogP contribution in [0.2, 0.25) is 0 Å². The third-order valence-electron chi connectivity index (χ3n) is 5.50. The lowest BCUT2D eigenvalue weighted by Gasteiger charge is -2.38. The molecule has 1 heterocycles. The summed E-state index contributed by atoms with van der Waals surface area (Å²) in [6.45, 7) is 12.9. The van der Waals surface area contributed by atoms with Gasteiger partial charge in [-0.1, -0.05) is 33.1 Å². The highest BCUT2D eigenvalue weighted by molar-refractivity contribution is 5.80. The van der Waals surface area contributed by atoms with Gasteiger partial charge in [0, 0.05) is 44.7 Å². The first-order valence-corrected chi connectivity index (χ1v) is 10.2. The number of piperazine rings is 1. The molecule has 0 N–H and O–H groups in total. The summed E-state index contributed by atoms with van der Waals surface area (Å²) in [5.74, 6) is 1.31. The van der Waals surface area contributed by atoms with E-state index in [1.807, 2.05) is 9.80 Å². The van der Waals surface area contributed by atoms with Crippen LogP contribution in [0.25, 0.3) is 0 Å². The first-order valence-electron chi connectivity index (χ1n) is 10.2. The van der Waals surface area contributed by atoms with E-state index in [9.17, 15) is 9.59 Å². The molecule has 0 aromatic heterocycles. The summed E-state index contributed by atoms with van der Waals surface area (Å²) in [4.78, 5) is 31.5. The van der Waals surface area contributed by atoms with Gasteiger partial charge in [-0.3, -0.25) is 14.5 Å². The van der Waals surface area contributed by atoms with Gasteiger partial charge in [-0.15, -0.1) is 0 Å². The zero-order chi connectivity index (χ0) is 18.4. The summed E-state index contributed by atoms with van der Waals surface area (Å²) in [6.07, 6.45) is 5.81. The topological polar surface area (TPSA) is 43.9 Å². The van der Waals surface area contributed by atoms with Gasteiger partial charge in [-0.2, -0.15) is 0 Å². The smallest absolute Gasteiger partial charge is 0.236 e. The molecule has 0 spiro atoms. The molecular formula is C20H37N3O2. The summed E-state index contributed by atoms with van der Waals surface area (Å²) >= 11 is 0. The van der Waals surface area contributed by atoms with Gasteiger partial charge in [0.15, 0.2) is 0 Å². The number of rotatable bonds is 6. The van der Waals surface area contributed by atoms with Crippen LogP contribution >= 0.6 is 0 Å². The van der Waals surface area contributed by atoms with Crippen LogP contribution in [0.15, 0.2) is 0 Å². The van der Waals surface area contributed by atoms with E-state index in [1.165, 1.54) is 19.3 Å². The number of amides is 2. The SMILES string of the molecule is CC(C)CN(C(=O)CN1CCN(C(=O)C2CCCCC2)CC1)C(C)C. The molecule has 144 valence electrons. The van der Waals surface area contributed by atoms with Crippen molar-refractivity contribution in [2.24, 2.45) is 11.8 Å². The Balaban J connectivity index is 1.79. The predicted molar refractivity (Wildman–Crippen MR) is 101 cm³/mol. The number of carbonyl (C=O) groups is 2. The first kappa shape index (κ1) is 20.2. The standard InChI is InChI=1S/C20H37N3O2/c1-16(2)14-23(17(3)4)19(24)15-21-10-12-22(13-11-21)20(25)18-8-6-5-7-9-18/h16-18H,5-15H2,1-4H3. The molecule has 2 amide bonds. The number of hydrogen-bond acceptors (Lipinski definition) is 3. The average Bonchev–Trinajstić information content (AvgIpc) is 2.60. The molecule has 0 atom stereocenters. The minimum Gasteiger partial charge on any atom is -0.340 e. The molecule has 1 aliphatic heterocycles. The van der Waals surface area contributed by atoms with Crippen LogP contribution in [0.4, 0.5) is 0 Å². The van der Waals surface area contributed by atoms with Crippen LogP contribution in [-0.2, 0) is 9.59 Å². The fourth-order valence-electron chi connectivity index (χ4n) is 4.01. The van der Waals surface area contributed by atoms with Gasteiger partial charge in [0.25, 0.3) is 0 Å². The van der Waals surface area contributed by atoms with E-state index in [0.29, 0.717) is 18.4 Å². The lowest BCUT2D eigenvalue weighted by atomic mass is 9.88. The van der Waals surface area contributed by atoms with Crippen molar-refractivity contribution in [3.05, 3.63) is 0 Å². The zero-order valence-electron chi connectivity index (χ0n) is 16.7. The van der Waals surface area contributed by atoms with Crippen molar-refractivity contribution < 1.29 is 9.59 Å². The van der Waals surface area contributed by atoms with E-state index < -0.39 is 0 Å². The lowest BCUT2D eigenvalue weighted by molar-refractivity contribution is -0.139. The molecule has 0 aromatic carbocycles. The van der Waals surface area contributed by atoms with Crippen molar-refractivity contribution in [3.8, 4) is 0 Å². The molecule has 0 radical (unpaired) electrons. The molecule has 5 nitrogen and oxygen atoms in total. The molecule has 25 heavy (non-hydrogen) atoms. The van der Waals surface area contributed by atoms with Crippen LogP contribution in [0.1, 0.15) is 59.8 Å². The van der Waals surface area contributed by atoms with Gasteiger partial charge in [-0.25, -0.2) is 0 Å². The van der Waals surface area contributed by atoms with Crippen molar-refractivity contribution in [3.63, 3.8) is 0 Å². The lowest BCUT2D eigenvalue weighted by Crippen LogP contribution is -2.53. The van der Waals surface area contributed by atoms with Gasteiger partial charge in [-0.05, 0) is 32.6 Å². The molecule has 0 unspecified atom stereocenters. The van der Waals surface area contributed by atoms with Crippen molar-refractivity contribution in [1.29, 1.82) is 0 Å². The first-order chi connectivity index (χ1) is 11.9. The van der Waals surface area contributed by atoms with Gasteiger partial charge in [0.2, 0.25) is 11.8 Å². The second-order valence-electron chi connectivity index (χ2n) is 8.47. The van der Waals surface area contributed by atoms with Crippen molar-refractivity contribution in [2.45, 2.75) is 65.8 Å². The maximum absolute atomic E-state index is 12.7. The normalized spacial score (nSPS) is 20.3. The Labute approximate surface area is 153 Å². The van der Waals surface area contributed by atoms with E-state index in [1.54, 1.807) is 0 Å². The van der Waals surface area contributed by atoms with Crippen LogP contribution in [0.3, 0.4) is 0 Å². The average molecular weight is 352 g/mol. The zero-order valence-corrected chi connectivity index (χ0v) is 16.7. The molecular weight excluding hydrogens is 314 g/mol. The van der Waals surface area contributed by atoms with E-state index in [-0.39, 0.29) is 17.9 Å². The maximum atomic E-state index is 12.7. The van der Waals surface area contributed by atoms with Gasteiger partial charge in [0.1, 0.15) is 0 Å². The molecule has 0 aromatic rings. The fourth-order valence-corrected chi connectivity index (χ4v) is 4.01. The summed E-state index contributed by atoms with van der Waals surface area (Å²) in [5, 5.41) is 0. The van der Waals surface area contributed by atoms with Crippen molar-refractivity contribution in [2.75, 3.05) is 39.3 Å². The maximum Gasteiger partial charge on any atom is 0.236 e. The Morgan fingerprint density at radius 1 is 0.960 bits per heavy atom. The van der Waals surface area contributed by atoms with Gasteiger partial charge >= 0.3 is 0 Å². The van der Waals surface area contributed by atoms with Crippen LogP contribution < -0.4 is 0 Å². The summed E-state index contributed by atoms with van der Waals surface area (Å²) in [5.41, 5.74) is 0. The van der Waals surface area contributed by atoms with E-state index >= 15 is 0 Å². The Hall–Kier alpha value is -1.10. The quantitative estimate of drug-likeness (QED) is 0.739. The molecule has 2 rings (SSSR count). The third-order valence-corrected chi connectivity index (χ3v) is 5.50. The molecule has 1 aliphatic carbocycles. The van der Waals surface area contributed by atoms with Gasteiger partial charge in [0.05, 0.1) is 6.54 Å². The molecule has 5 heteroatoms. The number of hydrogen-bond donors (Lipinski definition) is 0. The fraction of sp³-hybridized carbons (Fsp3) is 0.900. The molecule has 1 saturated heterocycles. The second-order valence-corrected chi connectivity index (χ2v) is 8.47. The number of nitrogens with zero attached hydrogens (tertiary/aromatic N) is 3. The van der Waals surface area contributed by atoms with E-state index in [2.05, 4.69) is 32.6 Å². The number of carbonyl (C=O) groups excluding carboxylic acids is 2. The van der Waals surface area contributed by atoms with E-state index in [4.69, 9.17) is 0 Å². The molecule has 2 fully saturated rings. The minimum absolute atomic E-state index is 0.218. The Kier molecular flexibility index (Phi) is 7.73. The predicted octanol–water partition coefficient (Wildman–Crippen LogP) is 2.60. The third kappa shape index (κ3) is 5.98. The van der Waals surface area contributed by atoms with Crippen LogP contribution in [0.5, 0.6) is 0 Å². The van der Waals surface area contributed by atoms with Gasteiger partial charge < -0.3 is 9.80 Å². The van der Waals surface area contributed by atoms with E-state index in [0.717, 1.165) is 45.6 Å². The highest BCUT2D eigenvalue weighted by Gasteiger charge is 2.29. The molecule has 2 aliphatic rings.